The highest BCUT2D eigenvalue weighted by atomic mass is 16.6. The average molecular weight is 410 g/mol. The Labute approximate surface area is 179 Å². The second kappa shape index (κ2) is 11.2. The summed E-state index contributed by atoms with van der Waals surface area (Å²) in [5.74, 6) is -0.762. The first-order chi connectivity index (χ1) is 14.3. The molecule has 0 heterocycles. The first-order valence-electron chi connectivity index (χ1n) is 10.1. The minimum atomic E-state index is -0.590. The maximum Gasteiger partial charge on any atom is 0.408 e. The molecule has 30 heavy (non-hydrogen) atoms. The highest BCUT2D eigenvalue weighted by Gasteiger charge is 2.21. The van der Waals surface area contributed by atoms with Gasteiger partial charge in [-0.05, 0) is 44.7 Å². The van der Waals surface area contributed by atoms with Crippen LogP contribution in [0.4, 0.5) is 4.79 Å². The summed E-state index contributed by atoms with van der Waals surface area (Å²) in [6.45, 7) is 5.46. The van der Waals surface area contributed by atoms with Crippen LogP contribution in [0.15, 0.2) is 72.8 Å². The number of hydrogen-bond acceptors (Lipinski definition) is 4. The number of carbonyl (C=O) groups is 2. The van der Waals surface area contributed by atoms with Gasteiger partial charge in [-0.15, -0.1) is 0 Å². The molecule has 0 aliphatic heterocycles. The Kier molecular flexibility index (Phi) is 8.66. The molecule has 0 aliphatic rings. The molecule has 1 amide bonds. The van der Waals surface area contributed by atoms with E-state index in [1.54, 1.807) is 0 Å². The molecule has 0 spiro atoms. The van der Waals surface area contributed by atoms with E-state index in [9.17, 15) is 9.59 Å². The normalized spacial score (nSPS) is 13.5. The van der Waals surface area contributed by atoms with Gasteiger partial charge in [-0.3, -0.25) is 4.79 Å². The van der Waals surface area contributed by atoms with E-state index in [2.05, 4.69) is 5.32 Å². The summed E-state index contributed by atoms with van der Waals surface area (Å²) in [5.41, 5.74) is 1.52. The molecule has 0 fully saturated rings. The summed E-state index contributed by atoms with van der Waals surface area (Å²) >= 11 is 0. The van der Waals surface area contributed by atoms with Crippen molar-refractivity contribution in [3.05, 3.63) is 83.9 Å². The minimum Gasteiger partial charge on any atom is -0.469 e. The van der Waals surface area contributed by atoms with E-state index >= 15 is 0 Å². The molecule has 160 valence electrons. The Balaban J connectivity index is 2.18. The quantitative estimate of drug-likeness (QED) is 0.507. The van der Waals surface area contributed by atoms with E-state index in [0.29, 0.717) is 12.8 Å². The second-order valence-electron chi connectivity index (χ2n) is 8.15. The van der Waals surface area contributed by atoms with Crippen molar-refractivity contribution in [3.63, 3.8) is 0 Å². The van der Waals surface area contributed by atoms with Crippen LogP contribution < -0.4 is 5.32 Å². The number of nitrogens with one attached hydrogen (secondary N) is 1. The third-order valence-corrected chi connectivity index (χ3v) is 4.38. The number of amides is 1. The van der Waals surface area contributed by atoms with Gasteiger partial charge in [-0.25, -0.2) is 4.79 Å². The average Bonchev–Trinajstić information content (AvgIpc) is 2.70. The van der Waals surface area contributed by atoms with Gasteiger partial charge < -0.3 is 14.8 Å². The molecule has 2 atom stereocenters. The zero-order valence-corrected chi connectivity index (χ0v) is 18.1. The molecule has 1 N–H and O–H groups in total. The Hall–Kier alpha value is -3.08. The Morgan fingerprint density at radius 3 is 1.93 bits per heavy atom. The van der Waals surface area contributed by atoms with E-state index in [-0.39, 0.29) is 12.0 Å². The van der Waals surface area contributed by atoms with Crippen molar-refractivity contribution in [2.45, 2.75) is 45.3 Å². The molecule has 2 aromatic carbocycles. The fraction of sp³-hybridized carbons (Fsp3) is 0.360. The lowest BCUT2D eigenvalue weighted by Gasteiger charge is -2.22. The molecule has 5 heteroatoms. The lowest BCUT2D eigenvalue weighted by Crippen LogP contribution is -2.39. The highest BCUT2D eigenvalue weighted by Crippen LogP contribution is 2.14. The number of rotatable bonds is 8. The number of hydrogen-bond donors (Lipinski definition) is 1. The van der Waals surface area contributed by atoms with Gasteiger partial charge in [0.2, 0.25) is 0 Å². The first kappa shape index (κ1) is 23.2. The van der Waals surface area contributed by atoms with Gasteiger partial charge in [-0.1, -0.05) is 72.8 Å². The summed E-state index contributed by atoms with van der Waals surface area (Å²) in [5, 5.41) is 2.90. The maximum atomic E-state index is 12.3. The molecule has 0 radical (unpaired) electrons. The molecule has 0 aromatic heterocycles. The van der Waals surface area contributed by atoms with E-state index in [0.717, 1.165) is 11.1 Å². The molecule has 2 rings (SSSR count). The van der Waals surface area contributed by atoms with Crippen molar-refractivity contribution in [2.24, 2.45) is 5.92 Å². The Bertz CT molecular complexity index is 825. The van der Waals surface area contributed by atoms with Crippen LogP contribution in [0, 0.1) is 5.92 Å². The molecular formula is C25H31NO4. The highest BCUT2D eigenvalue weighted by molar-refractivity contribution is 5.75. The predicted octanol–water partition coefficient (Wildman–Crippen LogP) is 4.71. The topological polar surface area (TPSA) is 64.6 Å². The van der Waals surface area contributed by atoms with Crippen LogP contribution in [0.1, 0.15) is 31.9 Å². The van der Waals surface area contributed by atoms with Crippen molar-refractivity contribution in [1.29, 1.82) is 0 Å². The van der Waals surface area contributed by atoms with Crippen LogP contribution in [0.3, 0.4) is 0 Å². The second-order valence-corrected chi connectivity index (χ2v) is 8.15. The van der Waals surface area contributed by atoms with E-state index in [1.165, 1.54) is 7.11 Å². The maximum absolute atomic E-state index is 12.3. The van der Waals surface area contributed by atoms with Crippen molar-refractivity contribution < 1.29 is 19.1 Å². The van der Waals surface area contributed by atoms with Crippen LogP contribution in [0.2, 0.25) is 0 Å². The smallest absolute Gasteiger partial charge is 0.408 e. The number of ether oxygens (including phenoxy) is 2. The summed E-state index contributed by atoms with van der Waals surface area (Å²) in [4.78, 5) is 24.6. The fourth-order valence-electron chi connectivity index (χ4n) is 3.01. The van der Waals surface area contributed by atoms with Crippen molar-refractivity contribution >= 4 is 12.1 Å². The van der Waals surface area contributed by atoms with Gasteiger partial charge in [0, 0.05) is 0 Å². The number of benzene rings is 2. The van der Waals surface area contributed by atoms with Crippen LogP contribution in [-0.2, 0) is 27.1 Å². The Morgan fingerprint density at radius 2 is 1.43 bits per heavy atom. The van der Waals surface area contributed by atoms with E-state index in [1.807, 2.05) is 93.6 Å². The zero-order valence-electron chi connectivity index (χ0n) is 18.1. The van der Waals surface area contributed by atoms with Gasteiger partial charge in [0.15, 0.2) is 0 Å². The van der Waals surface area contributed by atoms with Gasteiger partial charge in [-0.2, -0.15) is 0 Å². The third kappa shape index (κ3) is 8.52. The SMILES string of the molecule is COC(=O)[C@H](C=C[C@H](Cc1ccccc1)NC(=O)OC(C)(C)C)Cc1ccccc1. The molecule has 0 saturated heterocycles. The number of methoxy groups -OCH3 is 1. The third-order valence-electron chi connectivity index (χ3n) is 4.38. The van der Waals surface area contributed by atoms with Gasteiger partial charge >= 0.3 is 12.1 Å². The minimum absolute atomic E-state index is 0.314. The summed E-state index contributed by atoms with van der Waals surface area (Å²) in [6, 6.07) is 19.3. The van der Waals surface area contributed by atoms with Crippen LogP contribution in [0.5, 0.6) is 0 Å². The molecule has 0 unspecified atom stereocenters. The standard InChI is InChI=1S/C25H31NO4/c1-25(2,3)30-24(28)26-22(18-20-13-9-6-10-14-20)16-15-21(23(27)29-4)17-19-11-7-5-8-12-19/h5-16,21-22H,17-18H2,1-4H3,(H,26,28)/t21-,22-/m1/s1. The van der Waals surface area contributed by atoms with Gasteiger partial charge in [0.25, 0.3) is 0 Å². The van der Waals surface area contributed by atoms with Crippen molar-refractivity contribution in [3.8, 4) is 0 Å². The zero-order chi connectivity index (χ0) is 22.0. The monoisotopic (exact) mass is 409 g/mol. The molecule has 2 aromatic rings. The Morgan fingerprint density at radius 1 is 0.900 bits per heavy atom. The van der Waals surface area contributed by atoms with Crippen molar-refractivity contribution in [2.75, 3.05) is 7.11 Å². The van der Waals surface area contributed by atoms with E-state index < -0.39 is 17.6 Å². The lowest BCUT2D eigenvalue weighted by molar-refractivity contribution is -0.143. The summed E-state index contributed by atoms with van der Waals surface area (Å²) < 4.78 is 10.4. The van der Waals surface area contributed by atoms with E-state index in [4.69, 9.17) is 9.47 Å². The molecule has 0 aliphatic carbocycles. The molecular weight excluding hydrogens is 378 g/mol. The van der Waals surface area contributed by atoms with Crippen molar-refractivity contribution in [1.82, 2.24) is 5.32 Å². The lowest BCUT2D eigenvalue weighted by atomic mass is 9.97. The van der Waals surface area contributed by atoms with Gasteiger partial charge in [0.05, 0.1) is 19.1 Å². The van der Waals surface area contributed by atoms with Crippen LogP contribution in [0.25, 0.3) is 0 Å². The van der Waals surface area contributed by atoms with Crippen LogP contribution >= 0.6 is 0 Å². The predicted molar refractivity (Wildman–Crippen MR) is 118 cm³/mol. The molecule has 0 bridgehead atoms. The number of alkyl carbamates (subject to hydrolysis) is 1. The van der Waals surface area contributed by atoms with Gasteiger partial charge in [0.1, 0.15) is 5.60 Å². The van der Waals surface area contributed by atoms with Crippen LogP contribution in [-0.4, -0.2) is 30.8 Å². The summed E-state index contributed by atoms with van der Waals surface area (Å²) in [6.07, 6.45) is 4.26. The summed E-state index contributed by atoms with van der Waals surface area (Å²) in [7, 11) is 1.38. The molecule has 0 saturated carbocycles. The number of esters is 1. The first-order valence-corrected chi connectivity index (χ1v) is 10.1. The fourth-order valence-corrected chi connectivity index (χ4v) is 3.01. The largest absolute Gasteiger partial charge is 0.469 e. The number of carbonyl (C=O) groups excluding carboxylic acids is 2. The molecule has 5 nitrogen and oxygen atoms in total.